The number of hydrogen-bond acceptors (Lipinski definition) is 6. The minimum Gasteiger partial charge on any atom is -0.506 e. The summed E-state index contributed by atoms with van der Waals surface area (Å²) in [5.74, 6) is -0.347. The fourth-order valence-corrected chi connectivity index (χ4v) is 4.99. The van der Waals surface area contributed by atoms with Gasteiger partial charge in [-0.2, -0.15) is 5.10 Å². The zero-order valence-electron chi connectivity index (χ0n) is 16.5. The second kappa shape index (κ2) is 9.77. The number of halogens is 3. The van der Waals surface area contributed by atoms with Crippen LogP contribution in [0, 0.1) is 15.9 Å². The van der Waals surface area contributed by atoms with Crippen LogP contribution in [0.1, 0.15) is 5.56 Å². The van der Waals surface area contributed by atoms with Gasteiger partial charge in [-0.1, -0.05) is 15.9 Å². The van der Waals surface area contributed by atoms with Crippen LogP contribution < -0.4 is 4.80 Å². The first-order chi connectivity index (χ1) is 15.8. The quantitative estimate of drug-likeness (QED) is 0.161. The SMILES string of the molecule is O=[N+]([O-])c1ccc(-c2csc(=Nc3ccc(F)cc3)n2N=Cc2cc(Br)cc(Br)c2O)cc1. The normalized spacial score (nSPS) is 11.9. The molecule has 0 atom stereocenters. The van der Waals surface area contributed by atoms with E-state index >= 15 is 0 Å². The molecular weight excluding hydrogens is 579 g/mol. The van der Waals surface area contributed by atoms with Crippen LogP contribution >= 0.6 is 43.2 Å². The van der Waals surface area contributed by atoms with E-state index in [1.54, 1.807) is 41.1 Å². The highest BCUT2D eigenvalue weighted by Crippen LogP contribution is 2.31. The number of aromatic nitrogens is 1. The van der Waals surface area contributed by atoms with Crippen molar-refractivity contribution in [1.82, 2.24) is 4.68 Å². The highest BCUT2D eigenvalue weighted by molar-refractivity contribution is 9.11. The van der Waals surface area contributed by atoms with Crippen molar-refractivity contribution in [1.29, 1.82) is 0 Å². The largest absolute Gasteiger partial charge is 0.506 e. The van der Waals surface area contributed by atoms with Crippen LogP contribution in [0.5, 0.6) is 5.75 Å². The Kier molecular flexibility index (Phi) is 6.82. The Morgan fingerprint density at radius 2 is 1.79 bits per heavy atom. The molecule has 4 rings (SSSR count). The Hall–Kier alpha value is -3.15. The molecule has 3 aromatic carbocycles. The van der Waals surface area contributed by atoms with E-state index in [-0.39, 0.29) is 17.3 Å². The topological polar surface area (TPSA) is 93.0 Å². The first-order valence-corrected chi connectivity index (χ1v) is 11.8. The lowest BCUT2D eigenvalue weighted by Crippen LogP contribution is -2.11. The number of aromatic hydroxyl groups is 1. The van der Waals surface area contributed by atoms with Gasteiger partial charge in [-0.25, -0.2) is 14.1 Å². The molecule has 4 aromatic rings. The smallest absolute Gasteiger partial charge is 0.269 e. The van der Waals surface area contributed by atoms with Gasteiger partial charge in [-0.05, 0) is 64.5 Å². The highest BCUT2D eigenvalue weighted by Gasteiger charge is 2.12. The second-order valence-electron chi connectivity index (χ2n) is 6.68. The first kappa shape index (κ1) is 23.0. The number of nitro groups is 1. The van der Waals surface area contributed by atoms with Crippen molar-refractivity contribution in [2.24, 2.45) is 10.1 Å². The fourth-order valence-electron chi connectivity index (χ4n) is 2.87. The summed E-state index contributed by atoms with van der Waals surface area (Å²) in [7, 11) is 0. The molecule has 1 aromatic heterocycles. The second-order valence-corrected chi connectivity index (χ2v) is 9.28. The van der Waals surface area contributed by atoms with Crippen LogP contribution in [-0.4, -0.2) is 20.9 Å². The van der Waals surface area contributed by atoms with Crippen LogP contribution in [-0.2, 0) is 0 Å². The molecule has 1 N–H and O–H groups in total. The molecule has 0 unspecified atom stereocenters. The Morgan fingerprint density at radius 3 is 2.45 bits per heavy atom. The molecule has 0 aliphatic rings. The summed E-state index contributed by atoms with van der Waals surface area (Å²) in [6.07, 6.45) is 1.48. The number of hydrogen-bond donors (Lipinski definition) is 1. The number of nitro benzene ring substituents is 1. The maximum Gasteiger partial charge on any atom is 0.269 e. The van der Waals surface area contributed by atoms with Gasteiger partial charge in [0, 0.05) is 33.1 Å². The van der Waals surface area contributed by atoms with E-state index in [9.17, 15) is 19.6 Å². The molecule has 1 heterocycles. The molecule has 0 fully saturated rings. The number of benzene rings is 3. The van der Waals surface area contributed by atoms with E-state index < -0.39 is 4.92 Å². The lowest BCUT2D eigenvalue weighted by Gasteiger charge is -2.05. The van der Waals surface area contributed by atoms with Gasteiger partial charge in [0.05, 0.1) is 27.0 Å². The van der Waals surface area contributed by atoms with Gasteiger partial charge in [0.25, 0.3) is 5.69 Å². The molecule has 0 radical (unpaired) electrons. The third kappa shape index (κ3) is 5.27. The minimum atomic E-state index is -0.465. The monoisotopic (exact) mass is 590 g/mol. The molecule has 33 heavy (non-hydrogen) atoms. The van der Waals surface area contributed by atoms with Crippen molar-refractivity contribution in [3.05, 3.63) is 101 Å². The maximum absolute atomic E-state index is 13.3. The van der Waals surface area contributed by atoms with E-state index in [2.05, 4.69) is 42.0 Å². The summed E-state index contributed by atoms with van der Waals surface area (Å²) >= 11 is 7.99. The number of thiazole rings is 1. The predicted octanol–water partition coefficient (Wildman–Crippen LogP) is 6.61. The molecule has 7 nitrogen and oxygen atoms in total. The van der Waals surface area contributed by atoms with Crippen LogP contribution in [0.15, 0.2) is 85.1 Å². The van der Waals surface area contributed by atoms with Crippen LogP contribution in [0.4, 0.5) is 15.8 Å². The molecule has 0 saturated carbocycles. The van der Waals surface area contributed by atoms with E-state index in [0.717, 1.165) is 4.47 Å². The van der Waals surface area contributed by atoms with Gasteiger partial charge < -0.3 is 5.11 Å². The zero-order chi connectivity index (χ0) is 23.5. The van der Waals surface area contributed by atoms with E-state index in [1.165, 1.54) is 41.8 Å². The van der Waals surface area contributed by atoms with Crippen molar-refractivity contribution in [3.63, 3.8) is 0 Å². The average Bonchev–Trinajstić information content (AvgIpc) is 3.19. The van der Waals surface area contributed by atoms with E-state index in [1.807, 2.05) is 5.38 Å². The maximum atomic E-state index is 13.3. The summed E-state index contributed by atoms with van der Waals surface area (Å²) in [4.78, 5) is 15.6. The lowest BCUT2D eigenvalue weighted by molar-refractivity contribution is -0.384. The molecule has 0 aliphatic heterocycles. The number of non-ortho nitro benzene ring substituents is 1. The van der Waals surface area contributed by atoms with E-state index in [0.29, 0.717) is 31.8 Å². The first-order valence-electron chi connectivity index (χ1n) is 9.30. The van der Waals surface area contributed by atoms with Crippen molar-refractivity contribution < 1.29 is 14.4 Å². The number of rotatable bonds is 5. The van der Waals surface area contributed by atoms with Crippen LogP contribution in [0.25, 0.3) is 11.3 Å². The third-order valence-electron chi connectivity index (χ3n) is 4.48. The Morgan fingerprint density at radius 1 is 1.09 bits per heavy atom. The zero-order valence-corrected chi connectivity index (χ0v) is 20.5. The molecule has 0 amide bonds. The van der Waals surface area contributed by atoms with Crippen LogP contribution in [0.3, 0.4) is 0 Å². The molecule has 0 spiro atoms. The van der Waals surface area contributed by atoms with Gasteiger partial charge in [-0.3, -0.25) is 10.1 Å². The Bertz CT molecular complexity index is 1430. The average molecular weight is 592 g/mol. The number of nitrogens with zero attached hydrogens (tertiary/aromatic N) is 4. The summed E-state index contributed by atoms with van der Waals surface area (Å²) in [5, 5.41) is 27.7. The molecule has 166 valence electrons. The van der Waals surface area contributed by atoms with E-state index in [4.69, 9.17) is 0 Å². The summed E-state index contributed by atoms with van der Waals surface area (Å²) in [6.45, 7) is 0. The Balaban J connectivity index is 1.85. The molecule has 0 saturated heterocycles. The van der Waals surface area contributed by atoms with Crippen LogP contribution in [0.2, 0.25) is 0 Å². The van der Waals surface area contributed by atoms with Crippen molar-refractivity contribution in [2.75, 3.05) is 0 Å². The third-order valence-corrected chi connectivity index (χ3v) is 6.36. The van der Waals surface area contributed by atoms with Crippen molar-refractivity contribution in [2.45, 2.75) is 0 Å². The molecule has 0 aliphatic carbocycles. The molecular formula is C22H13Br2FN4O3S. The summed E-state index contributed by atoms with van der Waals surface area (Å²) < 4.78 is 16.1. The number of phenols is 1. The van der Waals surface area contributed by atoms with Crippen molar-refractivity contribution in [3.8, 4) is 17.0 Å². The summed E-state index contributed by atoms with van der Waals surface area (Å²) in [6, 6.07) is 15.2. The van der Waals surface area contributed by atoms with Gasteiger partial charge in [0.15, 0.2) is 0 Å². The minimum absolute atomic E-state index is 0.0201. The van der Waals surface area contributed by atoms with Crippen molar-refractivity contribution >= 4 is 60.8 Å². The number of phenolic OH excluding ortho intramolecular Hbond substituents is 1. The van der Waals surface area contributed by atoms with Gasteiger partial charge in [0.2, 0.25) is 4.80 Å². The predicted molar refractivity (Wildman–Crippen MR) is 133 cm³/mol. The van der Waals surface area contributed by atoms with Gasteiger partial charge in [-0.15, -0.1) is 11.3 Å². The van der Waals surface area contributed by atoms with Gasteiger partial charge >= 0.3 is 0 Å². The molecule has 0 bridgehead atoms. The highest BCUT2D eigenvalue weighted by atomic mass is 79.9. The Labute approximate surface area is 207 Å². The fraction of sp³-hybridized carbons (Fsp3) is 0. The standard InChI is InChI=1S/C22H13Br2FN4O3S/c23-15-9-14(21(30)19(24)10-15)11-26-28-20(13-1-7-18(8-2-13)29(31)32)12-33-22(28)27-17-5-3-16(25)4-6-17/h1-12,30H. The lowest BCUT2D eigenvalue weighted by atomic mass is 10.1. The molecule has 11 heteroatoms. The van der Waals surface area contributed by atoms with Gasteiger partial charge in [0.1, 0.15) is 11.6 Å². The summed E-state index contributed by atoms with van der Waals surface area (Å²) in [5.41, 5.74) is 2.29.